The molecule has 0 amide bonds. The number of nitrogens with one attached hydrogen (secondary N) is 1. The number of aryl methyl sites for hydroxylation is 1. The Hall–Kier alpha value is -1.31. The van der Waals surface area contributed by atoms with Gasteiger partial charge in [-0.2, -0.15) is 0 Å². The van der Waals surface area contributed by atoms with Crippen molar-refractivity contribution in [2.45, 2.75) is 13.5 Å². The summed E-state index contributed by atoms with van der Waals surface area (Å²) >= 11 is 6.22. The van der Waals surface area contributed by atoms with Crippen LogP contribution in [0.3, 0.4) is 0 Å². The molecular weight excluding hydrogens is 230 g/mol. The van der Waals surface area contributed by atoms with E-state index in [2.05, 4.69) is 36.5 Å². The van der Waals surface area contributed by atoms with Gasteiger partial charge in [-0.15, -0.1) is 0 Å². The Morgan fingerprint density at radius 2 is 1.82 bits per heavy atom. The van der Waals surface area contributed by atoms with Gasteiger partial charge in [0.25, 0.3) is 0 Å². The first kappa shape index (κ1) is 12.2. The molecule has 88 valence electrons. The molecule has 0 saturated heterocycles. The molecule has 0 aromatic heterocycles. The van der Waals surface area contributed by atoms with Gasteiger partial charge in [0, 0.05) is 17.1 Å². The van der Waals surface area contributed by atoms with Gasteiger partial charge < -0.3 is 5.32 Å². The number of hydrogen-bond donors (Lipinski definition) is 1. The molecule has 2 rings (SSSR count). The lowest BCUT2D eigenvalue weighted by atomic mass is 9.98. The van der Waals surface area contributed by atoms with E-state index in [9.17, 15) is 0 Å². The molecule has 0 saturated carbocycles. The standard InChI is InChI=1S/C15H16ClN/c1-11-9-12(10-17-2)7-8-13(11)14-5-3-4-6-15(14)16/h3-9,17H,10H2,1-2H3. The highest BCUT2D eigenvalue weighted by atomic mass is 35.5. The lowest BCUT2D eigenvalue weighted by molar-refractivity contribution is 0.817. The average molecular weight is 246 g/mol. The Balaban J connectivity index is 2.44. The zero-order valence-corrected chi connectivity index (χ0v) is 10.9. The quantitative estimate of drug-likeness (QED) is 0.861. The third-order valence-corrected chi connectivity index (χ3v) is 3.17. The van der Waals surface area contributed by atoms with Gasteiger partial charge in [-0.1, -0.05) is 48.0 Å². The molecule has 2 aromatic rings. The summed E-state index contributed by atoms with van der Waals surface area (Å²) in [7, 11) is 1.96. The van der Waals surface area contributed by atoms with Crippen molar-refractivity contribution in [1.29, 1.82) is 0 Å². The van der Waals surface area contributed by atoms with Crippen LogP contribution in [0.4, 0.5) is 0 Å². The van der Waals surface area contributed by atoms with Gasteiger partial charge in [0.2, 0.25) is 0 Å². The van der Waals surface area contributed by atoms with Gasteiger partial charge in [-0.3, -0.25) is 0 Å². The Morgan fingerprint density at radius 1 is 1.06 bits per heavy atom. The molecule has 0 aliphatic rings. The van der Waals surface area contributed by atoms with E-state index in [1.54, 1.807) is 0 Å². The van der Waals surface area contributed by atoms with Crippen molar-refractivity contribution in [3.8, 4) is 11.1 Å². The lowest BCUT2D eigenvalue weighted by Gasteiger charge is -2.10. The first-order valence-electron chi connectivity index (χ1n) is 5.71. The third kappa shape index (κ3) is 2.68. The van der Waals surface area contributed by atoms with Crippen molar-refractivity contribution in [3.05, 3.63) is 58.6 Å². The Bertz CT molecular complexity index is 520. The molecule has 0 aliphatic heterocycles. The molecule has 0 spiro atoms. The fraction of sp³-hybridized carbons (Fsp3) is 0.200. The zero-order chi connectivity index (χ0) is 12.3. The second kappa shape index (κ2) is 5.35. The summed E-state index contributed by atoms with van der Waals surface area (Å²) in [6, 6.07) is 14.4. The van der Waals surface area contributed by atoms with Crippen LogP contribution in [-0.4, -0.2) is 7.05 Å². The maximum Gasteiger partial charge on any atom is 0.0484 e. The van der Waals surface area contributed by atoms with Crippen LogP contribution in [0.2, 0.25) is 5.02 Å². The molecule has 0 radical (unpaired) electrons. The smallest absolute Gasteiger partial charge is 0.0484 e. The number of benzene rings is 2. The van der Waals surface area contributed by atoms with Gasteiger partial charge in [-0.05, 0) is 36.7 Å². The normalized spacial score (nSPS) is 10.5. The largest absolute Gasteiger partial charge is 0.316 e. The van der Waals surface area contributed by atoms with Gasteiger partial charge in [0.05, 0.1) is 0 Å². The molecule has 0 atom stereocenters. The molecule has 2 aromatic carbocycles. The molecule has 0 aliphatic carbocycles. The van der Waals surface area contributed by atoms with Crippen molar-refractivity contribution in [2.75, 3.05) is 7.05 Å². The van der Waals surface area contributed by atoms with Crippen molar-refractivity contribution in [3.63, 3.8) is 0 Å². The van der Waals surface area contributed by atoms with Crippen LogP contribution in [0.1, 0.15) is 11.1 Å². The van der Waals surface area contributed by atoms with E-state index in [0.29, 0.717) is 0 Å². The monoisotopic (exact) mass is 245 g/mol. The fourth-order valence-corrected chi connectivity index (χ4v) is 2.26. The minimum atomic E-state index is 0.803. The predicted molar refractivity (Wildman–Crippen MR) is 74.4 cm³/mol. The van der Waals surface area contributed by atoms with Crippen LogP contribution in [0.25, 0.3) is 11.1 Å². The summed E-state index contributed by atoms with van der Waals surface area (Å²) in [6.45, 7) is 3.02. The summed E-state index contributed by atoms with van der Waals surface area (Å²) in [5.74, 6) is 0. The van der Waals surface area contributed by atoms with Crippen LogP contribution in [-0.2, 0) is 6.54 Å². The van der Waals surface area contributed by atoms with Gasteiger partial charge >= 0.3 is 0 Å². The second-order valence-corrected chi connectivity index (χ2v) is 4.57. The third-order valence-electron chi connectivity index (χ3n) is 2.84. The van der Waals surface area contributed by atoms with Crippen LogP contribution in [0.15, 0.2) is 42.5 Å². The van der Waals surface area contributed by atoms with Crippen LogP contribution < -0.4 is 5.32 Å². The van der Waals surface area contributed by atoms with Crippen LogP contribution in [0, 0.1) is 6.92 Å². The van der Waals surface area contributed by atoms with E-state index < -0.39 is 0 Å². The Labute approximate surface area is 107 Å². The van der Waals surface area contributed by atoms with Crippen molar-refractivity contribution < 1.29 is 0 Å². The molecule has 17 heavy (non-hydrogen) atoms. The summed E-state index contributed by atoms with van der Waals surface area (Å²) in [5, 5.41) is 3.96. The SMILES string of the molecule is CNCc1ccc(-c2ccccc2Cl)c(C)c1. The van der Waals surface area contributed by atoms with Gasteiger partial charge in [0.15, 0.2) is 0 Å². The van der Waals surface area contributed by atoms with Gasteiger partial charge in [-0.25, -0.2) is 0 Å². The molecule has 1 nitrogen and oxygen atoms in total. The molecule has 1 N–H and O–H groups in total. The predicted octanol–water partition coefficient (Wildman–Crippen LogP) is 4.03. The molecule has 2 heteroatoms. The topological polar surface area (TPSA) is 12.0 Å². The van der Waals surface area contributed by atoms with E-state index in [1.807, 2.05) is 25.2 Å². The number of halogens is 1. The van der Waals surface area contributed by atoms with Crippen molar-refractivity contribution >= 4 is 11.6 Å². The zero-order valence-electron chi connectivity index (χ0n) is 10.1. The van der Waals surface area contributed by atoms with Gasteiger partial charge in [0.1, 0.15) is 0 Å². The molecule has 0 fully saturated rings. The van der Waals surface area contributed by atoms with Crippen LogP contribution >= 0.6 is 11.6 Å². The van der Waals surface area contributed by atoms with E-state index in [4.69, 9.17) is 11.6 Å². The first-order valence-corrected chi connectivity index (χ1v) is 6.09. The van der Waals surface area contributed by atoms with E-state index in [1.165, 1.54) is 16.7 Å². The Kier molecular flexibility index (Phi) is 3.82. The first-order chi connectivity index (χ1) is 8.22. The van der Waals surface area contributed by atoms with E-state index in [-0.39, 0.29) is 0 Å². The summed E-state index contributed by atoms with van der Waals surface area (Å²) in [4.78, 5) is 0. The minimum Gasteiger partial charge on any atom is -0.316 e. The summed E-state index contributed by atoms with van der Waals surface area (Å²) in [5.41, 5.74) is 4.85. The highest BCUT2D eigenvalue weighted by Crippen LogP contribution is 2.30. The van der Waals surface area contributed by atoms with Crippen molar-refractivity contribution in [1.82, 2.24) is 5.32 Å². The van der Waals surface area contributed by atoms with Crippen LogP contribution in [0.5, 0.6) is 0 Å². The summed E-state index contributed by atoms with van der Waals surface area (Å²) < 4.78 is 0. The molecule has 0 heterocycles. The fourth-order valence-electron chi connectivity index (χ4n) is 2.02. The number of rotatable bonds is 3. The second-order valence-electron chi connectivity index (χ2n) is 4.16. The Morgan fingerprint density at radius 3 is 2.47 bits per heavy atom. The highest BCUT2D eigenvalue weighted by Gasteiger charge is 2.06. The lowest BCUT2D eigenvalue weighted by Crippen LogP contribution is -2.05. The number of hydrogen-bond acceptors (Lipinski definition) is 1. The maximum absolute atomic E-state index is 6.22. The van der Waals surface area contributed by atoms with E-state index >= 15 is 0 Å². The molecule has 0 unspecified atom stereocenters. The maximum atomic E-state index is 6.22. The van der Waals surface area contributed by atoms with Crippen molar-refractivity contribution in [2.24, 2.45) is 0 Å². The highest BCUT2D eigenvalue weighted by molar-refractivity contribution is 6.33. The molecular formula is C15H16ClN. The average Bonchev–Trinajstić information content (AvgIpc) is 2.31. The van der Waals surface area contributed by atoms with E-state index in [0.717, 1.165) is 17.1 Å². The molecule has 0 bridgehead atoms. The minimum absolute atomic E-state index is 0.803. The summed E-state index contributed by atoms with van der Waals surface area (Å²) in [6.07, 6.45) is 0.